The first-order valence-electron chi connectivity index (χ1n) is 13.6. The van der Waals surface area contributed by atoms with Crippen LogP contribution in [0.25, 0.3) is 11.1 Å². The molecule has 2 atom stereocenters. The Bertz CT molecular complexity index is 1600. The van der Waals surface area contributed by atoms with Gasteiger partial charge in [0.1, 0.15) is 5.75 Å². The van der Waals surface area contributed by atoms with Crippen LogP contribution in [0.15, 0.2) is 73.1 Å². The van der Waals surface area contributed by atoms with Crippen LogP contribution in [0.4, 0.5) is 5.69 Å². The van der Waals surface area contributed by atoms with Crippen LogP contribution in [0.1, 0.15) is 52.2 Å². The molecule has 4 aromatic rings. The van der Waals surface area contributed by atoms with Crippen LogP contribution in [0.3, 0.4) is 0 Å². The summed E-state index contributed by atoms with van der Waals surface area (Å²) in [5.41, 5.74) is 6.37. The van der Waals surface area contributed by atoms with Gasteiger partial charge in [-0.25, -0.2) is 4.79 Å². The van der Waals surface area contributed by atoms with Gasteiger partial charge in [0.25, 0.3) is 0 Å². The van der Waals surface area contributed by atoms with Crippen molar-refractivity contribution in [3.05, 3.63) is 100 Å². The van der Waals surface area contributed by atoms with E-state index in [0.717, 1.165) is 46.7 Å². The van der Waals surface area contributed by atoms with Crippen LogP contribution in [0, 0.1) is 12.8 Å². The maximum atomic E-state index is 13.4. The van der Waals surface area contributed by atoms with E-state index in [1.54, 1.807) is 18.2 Å². The molecule has 1 aromatic heterocycles. The number of ether oxygens (including phenoxy) is 1. The van der Waals surface area contributed by atoms with Gasteiger partial charge in [0.05, 0.1) is 24.9 Å². The Labute approximate surface area is 238 Å². The van der Waals surface area contributed by atoms with Gasteiger partial charge in [-0.15, -0.1) is 0 Å². The number of fused-ring (bicyclic) bond motifs is 3. The van der Waals surface area contributed by atoms with Gasteiger partial charge in [-0.3, -0.25) is 9.48 Å². The zero-order valence-corrected chi connectivity index (χ0v) is 23.0. The van der Waals surface area contributed by atoms with Crippen LogP contribution in [0.2, 0.25) is 5.02 Å². The molecule has 0 radical (unpaired) electrons. The lowest BCUT2D eigenvalue weighted by Crippen LogP contribution is -2.36. The van der Waals surface area contributed by atoms with Gasteiger partial charge in [-0.1, -0.05) is 41.9 Å². The molecule has 0 spiro atoms. The summed E-state index contributed by atoms with van der Waals surface area (Å²) in [5, 5.41) is 14.5. The van der Waals surface area contributed by atoms with E-state index < -0.39 is 5.97 Å². The number of aromatic nitrogens is 2. The molecule has 40 heavy (non-hydrogen) atoms. The molecule has 1 fully saturated rings. The molecule has 1 amide bonds. The van der Waals surface area contributed by atoms with Crippen molar-refractivity contribution in [1.29, 1.82) is 0 Å². The van der Waals surface area contributed by atoms with Gasteiger partial charge in [-0.05, 0) is 78.6 Å². The number of carboxylic acid groups (broad SMARTS) is 1. The number of aromatic carboxylic acids is 1. The number of halogens is 1. The highest BCUT2D eigenvalue weighted by atomic mass is 35.5. The van der Waals surface area contributed by atoms with Gasteiger partial charge < -0.3 is 14.7 Å². The summed E-state index contributed by atoms with van der Waals surface area (Å²) in [7, 11) is 0. The first-order chi connectivity index (χ1) is 19.4. The van der Waals surface area contributed by atoms with Crippen molar-refractivity contribution in [2.45, 2.75) is 38.6 Å². The smallest absolute Gasteiger partial charge is 0.335 e. The van der Waals surface area contributed by atoms with Crippen molar-refractivity contribution < 1.29 is 19.4 Å². The number of carbonyl (C=O) groups is 2. The first-order valence-corrected chi connectivity index (χ1v) is 13.9. The maximum Gasteiger partial charge on any atom is 0.335 e. The molecule has 204 valence electrons. The van der Waals surface area contributed by atoms with E-state index in [1.165, 1.54) is 5.56 Å². The molecule has 0 saturated heterocycles. The normalized spacial score (nSPS) is 17.2. The molecule has 3 aromatic carbocycles. The van der Waals surface area contributed by atoms with Crippen LogP contribution >= 0.6 is 11.6 Å². The summed E-state index contributed by atoms with van der Waals surface area (Å²) in [4.78, 5) is 26.7. The van der Waals surface area contributed by atoms with E-state index in [4.69, 9.17) is 16.3 Å². The number of rotatable bonds is 9. The largest absolute Gasteiger partial charge is 0.493 e. The summed E-state index contributed by atoms with van der Waals surface area (Å²) in [6, 6.07) is 18.7. The third-order valence-corrected chi connectivity index (χ3v) is 8.27. The summed E-state index contributed by atoms with van der Waals surface area (Å²) in [6.07, 6.45) is 5.97. The fraction of sp³-hybridized carbons (Fsp3) is 0.281. The Morgan fingerprint density at radius 1 is 1.12 bits per heavy atom. The van der Waals surface area contributed by atoms with Gasteiger partial charge in [0.15, 0.2) is 0 Å². The average molecular weight is 556 g/mol. The lowest BCUT2D eigenvalue weighted by atomic mass is 9.92. The summed E-state index contributed by atoms with van der Waals surface area (Å²) in [6.45, 7) is 3.61. The number of amides is 1. The number of hydrogen-bond donors (Lipinski definition) is 1. The number of benzene rings is 3. The molecular weight excluding hydrogens is 526 g/mol. The highest BCUT2D eigenvalue weighted by Gasteiger charge is 2.47. The standard InChI is InChI=1S/C32H30ClN3O4/c1-20-27(33)9-4-11-29(20)40-13-5-12-30(37)36-19-23-15-26(23)31-25(8-3-10-28(31)36)24-16-34-35(18-24)17-21-6-2-7-22(14-21)32(38)39/h2-4,6-11,14,16,18,23,26H,5,12-13,15,17,19H2,1H3,(H,38,39)/t23-,26-/m0/s1. The van der Waals surface area contributed by atoms with Crippen molar-refractivity contribution >= 4 is 29.2 Å². The van der Waals surface area contributed by atoms with Gasteiger partial charge in [0.2, 0.25) is 5.91 Å². The van der Waals surface area contributed by atoms with Crippen LogP contribution in [-0.4, -0.2) is 39.9 Å². The lowest BCUT2D eigenvalue weighted by molar-refractivity contribution is -0.119. The van der Waals surface area contributed by atoms with Crippen LogP contribution in [0.5, 0.6) is 5.75 Å². The van der Waals surface area contributed by atoms with Crippen molar-refractivity contribution in [3.63, 3.8) is 0 Å². The topological polar surface area (TPSA) is 84.7 Å². The van der Waals surface area contributed by atoms with E-state index >= 15 is 0 Å². The fourth-order valence-corrected chi connectivity index (χ4v) is 5.83. The molecule has 1 aliphatic carbocycles. The predicted molar refractivity (Wildman–Crippen MR) is 154 cm³/mol. The zero-order valence-electron chi connectivity index (χ0n) is 22.2. The van der Waals surface area contributed by atoms with E-state index in [2.05, 4.69) is 17.2 Å². The first kappa shape index (κ1) is 26.1. The molecule has 2 heterocycles. The van der Waals surface area contributed by atoms with Crippen molar-refractivity contribution in [1.82, 2.24) is 9.78 Å². The predicted octanol–water partition coefficient (Wildman–Crippen LogP) is 6.57. The Kier molecular flexibility index (Phi) is 7.07. The number of carbonyl (C=O) groups excluding carboxylic acids is 1. The van der Waals surface area contributed by atoms with Crippen molar-refractivity contribution in [2.24, 2.45) is 5.92 Å². The molecule has 8 heteroatoms. The summed E-state index contributed by atoms with van der Waals surface area (Å²) in [5.74, 6) is 0.866. The monoisotopic (exact) mass is 555 g/mol. The Morgan fingerprint density at radius 3 is 2.80 bits per heavy atom. The lowest BCUT2D eigenvalue weighted by Gasteiger charge is -2.30. The second-order valence-electron chi connectivity index (χ2n) is 10.6. The fourth-order valence-electron chi connectivity index (χ4n) is 5.67. The van der Waals surface area contributed by atoms with E-state index in [-0.39, 0.29) is 11.5 Å². The minimum Gasteiger partial charge on any atom is -0.493 e. The third-order valence-electron chi connectivity index (χ3n) is 7.86. The molecule has 2 aliphatic rings. The molecule has 1 aliphatic heterocycles. The second-order valence-corrected chi connectivity index (χ2v) is 11.0. The van der Waals surface area contributed by atoms with E-state index in [9.17, 15) is 14.7 Å². The Balaban J connectivity index is 1.16. The SMILES string of the molecule is Cc1c(Cl)cccc1OCCCC(=O)N1C[C@@H]2C[C@@H]2c2c(-c3cnn(Cc4cccc(C(=O)O)c4)c3)cccc21. The highest BCUT2D eigenvalue weighted by Crippen LogP contribution is 2.57. The maximum absolute atomic E-state index is 13.4. The Hall–Kier alpha value is -4.10. The second kappa shape index (κ2) is 10.8. The van der Waals surface area contributed by atoms with E-state index in [0.29, 0.717) is 42.9 Å². The molecule has 7 nitrogen and oxygen atoms in total. The minimum absolute atomic E-state index is 0.115. The molecule has 1 N–H and O–H groups in total. The van der Waals surface area contributed by atoms with Crippen molar-refractivity contribution in [3.8, 4) is 16.9 Å². The molecule has 1 saturated carbocycles. The number of carboxylic acids is 1. The zero-order chi connectivity index (χ0) is 27.8. The minimum atomic E-state index is -0.944. The average Bonchev–Trinajstić information content (AvgIpc) is 3.61. The third kappa shape index (κ3) is 5.21. The molecule has 6 rings (SSSR count). The number of anilines is 1. The van der Waals surface area contributed by atoms with Gasteiger partial charge in [0, 0.05) is 41.0 Å². The quantitative estimate of drug-likeness (QED) is 0.236. The van der Waals surface area contributed by atoms with Crippen molar-refractivity contribution in [2.75, 3.05) is 18.1 Å². The summed E-state index contributed by atoms with van der Waals surface area (Å²) >= 11 is 6.19. The summed E-state index contributed by atoms with van der Waals surface area (Å²) < 4.78 is 7.73. The molecule has 0 unspecified atom stereocenters. The molecular formula is C32H30ClN3O4. The molecule has 0 bridgehead atoms. The van der Waals surface area contributed by atoms with Crippen LogP contribution < -0.4 is 9.64 Å². The Morgan fingerprint density at radius 2 is 1.95 bits per heavy atom. The van der Waals surface area contributed by atoms with Crippen LogP contribution in [-0.2, 0) is 11.3 Å². The number of hydrogen-bond acceptors (Lipinski definition) is 4. The highest BCUT2D eigenvalue weighted by molar-refractivity contribution is 6.31. The number of nitrogens with zero attached hydrogens (tertiary/aromatic N) is 3. The van der Waals surface area contributed by atoms with Gasteiger partial charge in [-0.2, -0.15) is 5.10 Å². The van der Waals surface area contributed by atoms with E-state index in [1.807, 2.05) is 59.2 Å². The van der Waals surface area contributed by atoms with Gasteiger partial charge >= 0.3 is 5.97 Å².